The highest BCUT2D eigenvalue weighted by Gasteiger charge is 2.34. The van der Waals surface area contributed by atoms with Crippen LogP contribution in [0.1, 0.15) is 39.0 Å². The largest absolute Gasteiger partial charge is 0.311 e. The summed E-state index contributed by atoms with van der Waals surface area (Å²) in [6, 6.07) is 0. The van der Waals surface area contributed by atoms with Crippen molar-refractivity contribution >= 4 is 11.8 Å². The van der Waals surface area contributed by atoms with Gasteiger partial charge in [0.2, 0.25) is 0 Å². The summed E-state index contributed by atoms with van der Waals surface area (Å²) in [4.78, 5) is 0. The first kappa shape index (κ1) is 9.85. The van der Waals surface area contributed by atoms with E-state index >= 15 is 0 Å². The summed E-state index contributed by atoms with van der Waals surface area (Å²) in [6.07, 6.45) is 7.05. The molecule has 1 saturated heterocycles. The average molecular weight is 199 g/mol. The molecule has 2 heteroatoms. The Balaban J connectivity index is 1.71. The van der Waals surface area contributed by atoms with Crippen molar-refractivity contribution in [2.75, 3.05) is 18.1 Å². The van der Waals surface area contributed by atoms with Crippen molar-refractivity contribution < 1.29 is 0 Å². The van der Waals surface area contributed by atoms with E-state index in [1.165, 1.54) is 50.2 Å². The molecule has 0 spiro atoms. The molecule has 2 rings (SSSR count). The van der Waals surface area contributed by atoms with E-state index in [0.29, 0.717) is 5.54 Å². The van der Waals surface area contributed by atoms with E-state index in [1.807, 2.05) is 0 Å². The van der Waals surface area contributed by atoms with Gasteiger partial charge in [0, 0.05) is 5.54 Å². The molecule has 1 nitrogen and oxygen atoms in total. The molecule has 0 aromatic carbocycles. The highest BCUT2D eigenvalue weighted by molar-refractivity contribution is 7.99. The maximum atomic E-state index is 3.81. The molecule has 2 fully saturated rings. The monoisotopic (exact) mass is 199 g/mol. The highest BCUT2D eigenvalue weighted by Crippen LogP contribution is 2.35. The summed E-state index contributed by atoms with van der Waals surface area (Å²) >= 11 is 2.13. The van der Waals surface area contributed by atoms with Crippen molar-refractivity contribution in [1.29, 1.82) is 0 Å². The van der Waals surface area contributed by atoms with Crippen molar-refractivity contribution in [3.63, 3.8) is 0 Å². The Morgan fingerprint density at radius 3 is 2.77 bits per heavy atom. The maximum absolute atomic E-state index is 3.81. The van der Waals surface area contributed by atoms with Crippen LogP contribution in [0.5, 0.6) is 0 Å². The average Bonchev–Trinajstić information content (AvgIpc) is 2.56. The summed E-state index contributed by atoms with van der Waals surface area (Å²) in [5.41, 5.74) is 0.563. The van der Waals surface area contributed by atoms with Gasteiger partial charge in [0.25, 0.3) is 0 Å². The molecule has 1 aliphatic carbocycles. The molecule has 0 amide bonds. The normalized spacial score (nSPS) is 31.6. The molecule has 1 saturated carbocycles. The number of hydrogen-bond donors (Lipinski definition) is 1. The van der Waals surface area contributed by atoms with Crippen molar-refractivity contribution in [3.8, 4) is 0 Å². The van der Waals surface area contributed by atoms with Gasteiger partial charge in [-0.2, -0.15) is 11.8 Å². The Morgan fingerprint density at radius 1 is 1.46 bits per heavy atom. The van der Waals surface area contributed by atoms with Crippen LogP contribution in [0, 0.1) is 5.92 Å². The molecule has 1 N–H and O–H groups in total. The Kier molecular flexibility index (Phi) is 3.20. The zero-order valence-corrected chi connectivity index (χ0v) is 9.46. The Hall–Kier alpha value is 0.310. The molecule has 0 bridgehead atoms. The highest BCUT2D eigenvalue weighted by atomic mass is 32.2. The molecule has 1 unspecified atom stereocenters. The molecule has 1 atom stereocenters. The van der Waals surface area contributed by atoms with E-state index < -0.39 is 0 Å². The van der Waals surface area contributed by atoms with Crippen molar-refractivity contribution in [1.82, 2.24) is 5.32 Å². The molecule has 1 aliphatic heterocycles. The molecule has 0 aromatic heterocycles. The molecular weight excluding hydrogens is 178 g/mol. The first-order chi connectivity index (χ1) is 6.35. The Labute approximate surface area is 86.0 Å². The van der Waals surface area contributed by atoms with Crippen LogP contribution in [0.3, 0.4) is 0 Å². The standard InChI is InChI=1S/C11H21NS/c1-2-11(5-3-6-11)12-8-10-4-7-13-9-10/h10,12H,2-9H2,1H3. The number of hydrogen-bond acceptors (Lipinski definition) is 2. The number of rotatable bonds is 4. The fourth-order valence-corrected chi connectivity index (χ4v) is 3.65. The van der Waals surface area contributed by atoms with Crippen LogP contribution in [0.15, 0.2) is 0 Å². The predicted molar refractivity (Wildman–Crippen MR) is 60.3 cm³/mol. The maximum Gasteiger partial charge on any atom is 0.0179 e. The predicted octanol–water partition coefficient (Wildman–Crippen LogP) is 2.66. The van der Waals surface area contributed by atoms with Gasteiger partial charge in [0.15, 0.2) is 0 Å². The van der Waals surface area contributed by atoms with Gasteiger partial charge < -0.3 is 5.32 Å². The smallest absolute Gasteiger partial charge is 0.0179 e. The number of thioether (sulfide) groups is 1. The third-order valence-corrected chi connectivity index (χ3v) is 5.01. The lowest BCUT2D eigenvalue weighted by atomic mass is 9.74. The van der Waals surface area contributed by atoms with Crippen LogP contribution >= 0.6 is 11.8 Å². The van der Waals surface area contributed by atoms with Crippen molar-refractivity contribution in [2.24, 2.45) is 5.92 Å². The molecular formula is C11H21NS. The van der Waals surface area contributed by atoms with Crippen LogP contribution in [0.4, 0.5) is 0 Å². The van der Waals surface area contributed by atoms with Gasteiger partial charge in [-0.1, -0.05) is 6.92 Å². The van der Waals surface area contributed by atoms with Gasteiger partial charge >= 0.3 is 0 Å². The van der Waals surface area contributed by atoms with E-state index in [2.05, 4.69) is 24.0 Å². The Morgan fingerprint density at radius 2 is 2.31 bits per heavy atom. The second kappa shape index (κ2) is 4.22. The fourth-order valence-electron chi connectivity index (χ4n) is 2.36. The van der Waals surface area contributed by atoms with Gasteiger partial charge in [-0.25, -0.2) is 0 Å². The molecule has 2 aliphatic rings. The third-order valence-electron chi connectivity index (χ3n) is 3.78. The second-order valence-electron chi connectivity index (χ2n) is 4.60. The summed E-state index contributed by atoms with van der Waals surface area (Å²) in [6.45, 7) is 3.61. The minimum Gasteiger partial charge on any atom is -0.311 e. The molecule has 0 radical (unpaired) electrons. The first-order valence-electron chi connectivity index (χ1n) is 5.67. The van der Waals surface area contributed by atoms with Crippen LogP contribution in [0.25, 0.3) is 0 Å². The van der Waals surface area contributed by atoms with E-state index in [4.69, 9.17) is 0 Å². The fraction of sp³-hybridized carbons (Fsp3) is 1.00. The zero-order chi connectivity index (χ0) is 9.15. The van der Waals surface area contributed by atoms with Crippen molar-refractivity contribution in [2.45, 2.75) is 44.6 Å². The van der Waals surface area contributed by atoms with E-state index in [9.17, 15) is 0 Å². The summed E-state index contributed by atoms with van der Waals surface area (Å²) in [5, 5.41) is 3.81. The van der Waals surface area contributed by atoms with Crippen LogP contribution in [-0.2, 0) is 0 Å². The summed E-state index contributed by atoms with van der Waals surface area (Å²) in [5.74, 6) is 3.76. The SMILES string of the molecule is CCC1(NCC2CCSC2)CCC1. The van der Waals surface area contributed by atoms with Crippen LogP contribution in [-0.4, -0.2) is 23.6 Å². The van der Waals surface area contributed by atoms with E-state index in [0.717, 1.165) is 5.92 Å². The molecule has 0 aromatic rings. The molecule has 13 heavy (non-hydrogen) atoms. The molecule has 1 heterocycles. The van der Waals surface area contributed by atoms with Crippen molar-refractivity contribution in [3.05, 3.63) is 0 Å². The van der Waals surface area contributed by atoms with E-state index in [1.54, 1.807) is 0 Å². The Bertz CT molecular complexity index is 154. The van der Waals surface area contributed by atoms with Gasteiger partial charge in [-0.05, 0) is 56.1 Å². The minimum absolute atomic E-state index is 0.563. The van der Waals surface area contributed by atoms with Crippen LogP contribution < -0.4 is 5.32 Å². The topological polar surface area (TPSA) is 12.0 Å². The first-order valence-corrected chi connectivity index (χ1v) is 6.83. The third kappa shape index (κ3) is 2.21. The lowest BCUT2D eigenvalue weighted by Gasteiger charge is -2.43. The lowest BCUT2D eigenvalue weighted by Crippen LogP contribution is -2.51. The molecule has 76 valence electrons. The summed E-state index contributed by atoms with van der Waals surface area (Å²) in [7, 11) is 0. The quantitative estimate of drug-likeness (QED) is 0.747. The number of nitrogens with one attached hydrogen (secondary N) is 1. The van der Waals surface area contributed by atoms with Crippen LogP contribution in [0.2, 0.25) is 0 Å². The van der Waals surface area contributed by atoms with Gasteiger partial charge in [-0.3, -0.25) is 0 Å². The van der Waals surface area contributed by atoms with Gasteiger partial charge in [-0.15, -0.1) is 0 Å². The lowest BCUT2D eigenvalue weighted by molar-refractivity contribution is 0.170. The summed E-state index contributed by atoms with van der Waals surface area (Å²) < 4.78 is 0. The van der Waals surface area contributed by atoms with Gasteiger partial charge in [0.05, 0.1) is 0 Å². The minimum atomic E-state index is 0.563. The van der Waals surface area contributed by atoms with E-state index in [-0.39, 0.29) is 0 Å². The van der Waals surface area contributed by atoms with Gasteiger partial charge in [0.1, 0.15) is 0 Å². The zero-order valence-electron chi connectivity index (χ0n) is 8.64. The second-order valence-corrected chi connectivity index (χ2v) is 5.75.